The van der Waals surface area contributed by atoms with Gasteiger partial charge in [0.05, 0.1) is 13.2 Å². The van der Waals surface area contributed by atoms with Gasteiger partial charge in [-0.15, -0.1) is 0 Å². The minimum atomic E-state index is -0.537. The molecule has 0 aromatic carbocycles. The van der Waals surface area contributed by atoms with Crippen LogP contribution in [0.5, 0.6) is 0 Å². The van der Waals surface area contributed by atoms with E-state index in [-0.39, 0.29) is 25.2 Å². The van der Waals surface area contributed by atoms with Gasteiger partial charge in [-0.25, -0.2) is 19.2 Å². The Labute approximate surface area is 171 Å². The van der Waals surface area contributed by atoms with E-state index in [2.05, 4.69) is 35.8 Å². The lowest BCUT2D eigenvalue weighted by molar-refractivity contribution is -0.146. The van der Waals surface area contributed by atoms with Crippen LogP contribution < -0.4 is 0 Å². The number of esters is 4. The molecule has 0 spiro atoms. The molecule has 0 unspecified atom stereocenters. The first-order chi connectivity index (χ1) is 13.6. The lowest BCUT2D eigenvalue weighted by Crippen LogP contribution is -2.10. The Bertz CT molecular complexity index is 552. The Balaban J connectivity index is 0. The molecule has 0 rings (SSSR count). The highest BCUT2D eigenvalue weighted by molar-refractivity contribution is 5.87. The van der Waals surface area contributed by atoms with Crippen molar-refractivity contribution in [3.63, 3.8) is 0 Å². The fourth-order valence-electron chi connectivity index (χ4n) is 1.36. The van der Waals surface area contributed by atoms with Crippen LogP contribution in [0.3, 0.4) is 0 Å². The number of hydrogen-bond donors (Lipinski definition) is 0. The molecule has 0 aromatic heterocycles. The maximum absolute atomic E-state index is 11.0. The summed E-state index contributed by atoms with van der Waals surface area (Å²) in [6.45, 7) is 17.4. The van der Waals surface area contributed by atoms with Crippen LogP contribution in [-0.2, 0) is 38.1 Å². The summed E-state index contributed by atoms with van der Waals surface area (Å²) >= 11 is 0. The minimum absolute atomic E-state index is 0.0322. The fourth-order valence-corrected chi connectivity index (χ4v) is 1.36. The van der Waals surface area contributed by atoms with Crippen molar-refractivity contribution in [2.75, 3.05) is 26.4 Å². The molecule has 0 saturated heterocycles. The van der Waals surface area contributed by atoms with E-state index in [1.165, 1.54) is 0 Å². The van der Waals surface area contributed by atoms with Gasteiger partial charge in [0.2, 0.25) is 0 Å². The van der Waals surface area contributed by atoms with Gasteiger partial charge in [-0.05, 0) is 33.1 Å². The van der Waals surface area contributed by atoms with Gasteiger partial charge in [-0.2, -0.15) is 0 Å². The van der Waals surface area contributed by atoms with Gasteiger partial charge >= 0.3 is 23.9 Å². The van der Waals surface area contributed by atoms with Crippen molar-refractivity contribution in [2.24, 2.45) is 0 Å². The van der Waals surface area contributed by atoms with E-state index in [1.54, 1.807) is 13.8 Å². The van der Waals surface area contributed by atoms with Crippen LogP contribution in [0.15, 0.2) is 49.6 Å². The monoisotopic (exact) mass is 410 g/mol. The van der Waals surface area contributed by atoms with Gasteiger partial charge < -0.3 is 18.9 Å². The van der Waals surface area contributed by atoms with Crippen molar-refractivity contribution >= 4 is 23.9 Å². The second kappa shape index (κ2) is 18.2. The number of ether oxygens (including phenoxy) is 4. The summed E-state index contributed by atoms with van der Waals surface area (Å²) in [4.78, 5) is 42.8. The molecular formula is C21H30O8. The van der Waals surface area contributed by atoms with E-state index in [0.717, 1.165) is 31.4 Å². The van der Waals surface area contributed by atoms with Gasteiger partial charge in [-0.3, -0.25) is 0 Å². The van der Waals surface area contributed by atoms with Crippen molar-refractivity contribution in [1.29, 1.82) is 0 Å². The maximum atomic E-state index is 11.0. The second-order valence-electron chi connectivity index (χ2n) is 5.64. The molecule has 0 aliphatic rings. The Hall–Kier alpha value is -3.16. The summed E-state index contributed by atoms with van der Waals surface area (Å²) in [5.74, 6) is -1.80. The zero-order chi connectivity index (χ0) is 22.7. The highest BCUT2D eigenvalue weighted by Gasteiger charge is 2.03. The smallest absolute Gasteiger partial charge is 0.333 e. The zero-order valence-electron chi connectivity index (χ0n) is 17.2. The molecule has 0 radical (unpaired) electrons. The summed E-state index contributed by atoms with van der Waals surface area (Å²) in [6.07, 6.45) is 4.42. The standard InChI is InChI=1S/C13H20O4.C8H10O4/c1-10(2)12(14)16-8-6-5-7-9-17-13(15)11(3)4;1-3-7(9)11-5-6-12-8(10)4-2/h1,3,5-9H2,2,4H3;3-4H,1-2,5-6H2. The average molecular weight is 410 g/mol. The van der Waals surface area contributed by atoms with E-state index >= 15 is 0 Å². The van der Waals surface area contributed by atoms with Gasteiger partial charge in [0.25, 0.3) is 0 Å². The molecule has 0 fully saturated rings. The molecule has 0 aliphatic heterocycles. The number of hydrogen-bond acceptors (Lipinski definition) is 8. The zero-order valence-corrected chi connectivity index (χ0v) is 17.2. The Kier molecular flexibility index (Phi) is 17.6. The van der Waals surface area contributed by atoms with E-state index in [0.29, 0.717) is 24.4 Å². The van der Waals surface area contributed by atoms with Crippen LogP contribution in [0.2, 0.25) is 0 Å². The quantitative estimate of drug-likeness (QED) is 0.198. The molecule has 0 aliphatic carbocycles. The van der Waals surface area contributed by atoms with Crippen LogP contribution in [0.4, 0.5) is 0 Å². The van der Waals surface area contributed by atoms with Crippen molar-refractivity contribution in [3.05, 3.63) is 49.6 Å². The number of rotatable bonds is 13. The third kappa shape index (κ3) is 19.4. The normalized spacial score (nSPS) is 9.03. The summed E-state index contributed by atoms with van der Waals surface area (Å²) < 4.78 is 18.9. The summed E-state index contributed by atoms with van der Waals surface area (Å²) in [7, 11) is 0. The highest BCUT2D eigenvalue weighted by atomic mass is 16.6. The molecule has 8 nitrogen and oxygen atoms in total. The molecule has 29 heavy (non-hydrogen) atoms. The third-order valence-corrected chi connectivity index (χ3v) is 2.86. The van der Waals surface area contributed by atoms with Crippen LogP contribution in [0.1, 0.15) is 33.1 Å². The molecule has 0 atom stereocenters. The first-order valence-corrected chi connectivity index (χ1v) is 8.89. The fraction of sp³-hybridized carbons (Fsp3) is 0.429. The predicted molar refractivity (Wildman–Crippen MR) is 108 cm³/mol. The Morgan fingerprint density at radius 1 is 0.621 bits per heavy atom. The first kappa shape index (κ1) is 28.1. The van der Waals surface area contributed by atoms with Crippen LogP contribution >= 0.6 is 0 Å². The van der Waals surface area contributed by atoms with Crippen LogP contribution in [0, 0.1) is 0 Å². The van der Waals surface area contributed by atoms with Crippen molar-refractivity contribution < 1.29 is 38.1 Å². The summed E-state index contributed by atoms with van der Waals surface area (Å²) in [5.41, 5.74) is 0.806. The van der Waals surface area contributed by atoms with Gasteiger partial charge in [-0.1, -0.05) is 26.3 Å². The molecule has 0 saturated carbocycles. The van der Waals surface area contributed by atoms with Gasteiger partial charge in [0, 0.05) is 23.3 Å². The topological polar surface area (TPSA) is 105 Å². The van der Waals surface area contributed by atoms with E-state index in [1.807, 2.05) is 0 Å². The lowest BCUT2D eigenvalue weighted by atomic mass is 10.2. The van der Waals surface area contributed by atoms with E-state index < -0.39 is 11.9 Å². The van der Waals surface area contributed by atoms with Crippen LogP contribution in [0.25, 0.3) is 0 Å². The number of carbonyl (C=O) groups is 4. The minimum Gasteiger partial charge on any atom is -0.462 e. The van der Waals surface area contributed by atoms with Crippen molar-refractivity contribution in [1.82, 2.24) is 0 Å². The molecular weight excluding hydrogens is 380 g/mol. The predicted octanol–water partition coefficient (Wildman–Crippen LogP) is 2.84. The van der Waals surface area contributed by atoms with E-state index in [9.17, 15) is 19.2 Å². The molecule has 8 heteroatoms. The molecule has 0 bridgehead atoms. The highest BCUT2D eigenvalue weighted by Crippen LogP contribution is 2.00. The SMILES string of the molecule is C=C(C)C(=O)OCCCCCOC(=O)C(=C)C.C=CC(=O)OCCOC(=O)C=C. The Morgan fingerprint density at radius 2 is 0.966 bits per heavy atom. The molecule has 0 N–H and O–H groups in total. The lowest BCUT2D eigenvalue weighted by Gasteiger charge is -2.05. The first-order valence-electron chi connectivity index (χ1n) is 8.89. The van der Waals surface area contributed by atoms with Crippen molar-refractivity contribution in [2.45, 2.75) is 33.1 Å². The van der Waals surface area contributed by atoms with E-state index in [4.69, 9.17) is 9.47 Å². The number of unbranched alkanes of at least 4 members (excludes halogenated alkanes) is 2. The number of carbonyl (C=O) groups excluding carboxylic acids is 4. The largest absolute Gasteiger partial charge is 0.462 e. The second-order valence-corrected chi connectivity index (χ2v) is 5.64. The van der Waals surface area contributed by atoms with Crippen molar-refractivity contribution in [3.8, 4) is 0 Å². The molecule has 162 valence electrons. The maximum Gasteiger partial charge on any atom is 0.333 e. The molecule has 0 aromatic rings. The van der Waals surface area contributed by atoms with Gasteiger partial charge in [0.15, 0.2) is 0 Å². The van der Waals surface area contributed by atoms with Gasteiger partial charge in [0.1, 0.15) is 13.2 Å². The van der Waals surface area contributed by atoms with Crippen LogP contribution in [-0.4, -0.2) is 50.3 Å². The average Bonchev–Trinajstić information content (AvgIpc) is 2.69. The third-order valence-electron chi connectivity index (χ3n) is 2.86. The molecule has 0 heterocycles. The Morgan fingerprint density at radius 3 is 1.24 bits per heavy atom. The molecule has 0 amide bonds. The summed E-state index contributed by atoms with van der Waals surface area (Å²) in [6, 6.07) is 0. The summed E-state index contributed by atoms with van der Waals surface area (Å²) in [5, 5.41) is 0.